The van der Waals surface area contributed by atoms with Crippen molar-refractivity contribution in [3.63, 3.8) is 0 Å². The van der Waals surface area contributed by atoms with Gasteiger partial charge in [-0.1, -0.05) is 217 Å². The summed E-state index contributed by atoms with van der Waals surface area (Å²) in [6.07, 6.45) is 55.8. The van der Waals surface area contributed by atoms with Crippen LogP contribution in [0, 0.1) is 0 Å². The maximum Gasteiger partial charge on any atom is 0.306 e. The largest absolute Gasteiger partial charge is 0.457 e. The number of aliphatic hydroxyl groups excluding tert-OH is 4. The average molecular weight is 947 g/mol. The Balaban J connectivity index is 2.16. The van der Waals surface area contributed by atoms with Crippen molar-refractivity contribution in [1.82, 2.24) is 0 Å². The van der Waals surface area contributed by atoms with E-state index in [0.717, 1.165) is 44.9 Å². The highest BCUT2D eigenvalue weighted by Gasteiger charge is 2.44. The Morgan fingerprint density at radius 2 is 0.866 bits per heavy atom. The molecule has 0 amide bonds. The zero-order valence-corrected chi connectivity index (χ0v) is 43.4. The molecule has 67 heavy (non-hydrogen) atoms. The summed E-state index contributed by atoms with van der Waals surface area (Å²) in [6.45, 7) is 4.55. The zero-order valence-electron chi connectivity index (χ0n) is 43.4. The van der Waals surface area contributed by atoms with Gasteiger partial charge >= 0.3 is 5.97 Å². The van der Waals surface area contributed by atoms with Gasteiger partial charge in [0.2, 0.25) is 0 Å². The predicted molar refractivity (Wildman–Crippen MR) is 279 cm³/mol. The molecule has 9 heteroatoms. The normalized spacial score (nSPS) is 19.5. The highest BCUT2D eigenvalue weighted by molar-refractivity contribution is 5.69. The van der Waals surface area contributed by atoms with Crippen molar-refractivity contribution >= 4 is 5.97 Å². The van der Waals surface area contributed by atoms with Gasteiger partial charge < -0.3 is 39.4 Å². The second-order valence-corrected chi connectivity index (χ2v) is 19.4. The third-order valence-corrected chi connectivity index (χ3v) is 13.0. The Morgan fingerprint density at radius 3 is 1.30 bits per heavy atom. The minimum Gasteiger partial charge on any atom is -0.457 e. The Labute approximate surface area is 412 Å². The molecule has 9 nitrogen and oxygen atoms in total. The first-order chi connectivity index (χ1) is 32.9. The van der Waals surface area contributed by atoms with Crippen LogP contribution in [0.3, 0.4) is 0 Å². The molecule has 1 aliphatic rings. The zero-order chi connectivity index (χ0) is 48.5. The smallest absolute Gasteiger partial charge is 0.306 e. The molecular weight excluding hydrogens is 841 g/mol. The third kappa shape index (κ3) is 39.6. The monoisotopic (exact) mass is 947 g/mol. The number of hydrogen-bond donors (Lipinski definition) is 4. The van der Waals surface area contributed by atoms with Crippen LogP contribution in [0.15, 0.2) is 48.6 Å². The molecule has 0 radical (unpaired) electrons. The van der Waals surface area contributed by atoms with Crippen molar-refractivity contribution in [3.8, 4) is 0 Å². The van der Waals surface area contributed by atoms with E-state index >= 15 is 0 Å². The van der Waals surface area contributed by atoms with Gasteiger partial charge in [-0.3, -0.25) is 4.79 Å². The van der Waals surface area contributed by atoms with Gasteiger partial charge in [0, 0.05) is 13.0 Å². The van der Waals surface area contributed by atoms with Gasteiger partial charge in [0.05, 0.1) is 19.8 Å². The van der Waals surface area contributed by atoms with Crippen LogP contribution in [-0.4, -0.2) is 89.6 Å². The molecule has 0 bridgehead atoms. The van der Waals surface area contributed by atoms with Crippen molar-refractivity contribution < 1.29 is 44.2 Å². The molecule has 0 aliphatic carbocycles. The van der Waals surface area contributed by atoms with Crippen LogP contribution in [0.4, 0.5) is 0 Å². The molecular formula is C58H106O9. The Kier molecular flexibility index (Phi) is 46.3. The molecule has 0 spiro atoms. The number of aliphatic hydroxyl groups is 4. The Morgan fingerprint density at radius 1 is 0.478 bits per heavy atom. The van der Waals surface area contributed by atoms with E-state index in [1.807, 2.05) is 0 Å². The van der Waals surface area contributed by atoms with E-state index < -0.39 is 43.4 Å². The number of unbranched alkanes of at least 4 members (excludes halogenated alkanes) is 30. The molecule has 1 rings (SSSR count). The van der Waals surface area contributed by atoms with E-state index in [9.17, 15) is 25.2 Å². The molecule has 1 heterocycles. The number of carbonyl (C=O) groups is 1. The fourth-order valence-electron chi connectivity index (χ4n) is 8.55. The van der Waals surface area contributed by atoms with Crippen LogP contribution in [0.5, 0.6) is 0 Å². The fraction of sp³-hybridized carbons (Fsp3) is 0.845. The van der Waals surface area contributed by atoms with Gasteiger partial charge in [-0.05, 0) is 77.0 Å². The minimum atomic E-state index is -1.54. The predicted octanol–water partition coefficient (Wildman–Crippen LogP) is 14.4. The second-order valence-electron chi connectivity index (χ2n) is 19.4. The number of carbonyl (C=O) groups excluding carboxylic acids is 1. The van der Waals surface area contributed by atoms with Crippen LogP contribution >= 0.6 is 0 Å². The van der Waals surface area contributed by atoms with Gasteiger partial charge in [-0.2, -0.15) is 0 Å². The van der Waals surface area contributed by atoms with Crippen LogP contribution < -0.4 is 0 Å². The summed E-state index contributed by atoms with van der Waals surface area (Å²) >= 11 is 0. The van der Waals surface area contributed by atoms with Gasteiger partial charge in [0.1, 0.15) is 30.5 Å². The van der Waals surface area contributed by atoms with Crippen LogP contribution in [0.2, 0.25) is 0 Å². The molecule has 392 valence electrons. The van der Waals surface area contributed by atoms with Gasteiger partial charge in [-0.15, -0.1) is 0 Å². The molecule has 6 atom stereocenters. The van der Waals surface area contributed by atoms with E-state index in [4.69, 9.17) is 18.9 Å². The van der Waals surface area contributed by atoms with E-state index in [1.165, 1.54) is 186 Å². The lowest BCUT2D eigenvalue weighted by Crippen LogP contribution is -2.59. The maximum atomic E-state index is 12.9. The fourth-order valence-corrected chi connectivity index (χ4v) is 8.55. The summed E-state index contributed by atoms with van der Waals surface area (Å²) in [5, 5.41) is 40.3. The second kappa shape index (κ2) is 49.1. The number of esters is 1. The average Bonchev–Trinajstić information content (AvgIpc) is 3.33. The molecule has 0 aromatic carbocycles. The summed E-state index contributed by atoms with van der Waals surface area (Å²) in [6, 6.07) is 0. The van der Waals surface area contributed by atoms with Crippen molar-refractivity contribution in [1.29, 1.82) is 0 Å². The topological polar surface area (TPSA) is 135 Å². The lowest BCUT2D eigenvalue weighted by molar-refractivity contribution is -0.305. The van der Waals surface area contributed by atoms with Crippen molar-refractivity contribution in [2.45, 2.75) is 288 Å². The molecule has 1 fully saturated rings. The standard InChI is InChI=1S/C58H106O9/c1-3-5-7-9-11-13-15-17-19-21-23-24-25-26-27-28-29-31-33-35-37-39-41-43-45-47-54(60)66-52(51-65-58-57(63)56(62)55(61)53(49-59)67-58)50-64-48-46-44-42-40-38-36-34-32-30-22-20-18-16-14-12-10-8-6-4-2/h14-17,20-23,52-53,55-59,61-63H,3-13,18-19,24-51H2,1-2H3/b16-14-,17-15-,22-20-,23-21-. The summed E-state index contributed by atoms with van der Waals surface area (Å²) < 4.78 is 23.0. The number of allylic oxidation sites excluding steroid dienone is 8. The van der Waals surface area contributed by atoms with Crippen LogP contribution in [0.1, 0.15) is 251 Å². The number of ether oxygens (including phenoxy) is 4. The van der Waals surface area contributed by atoms with Crippen molar-refractivity contribution in [3.05, 3.63) is 48.6 Å². The molecule has 0 saturated carbocycles. The quantitative estimate of drug-likeness (QED) is 0.0267. The van der Waals surface area contributed by atoms with E-state index in [-0.39, 0.29) is 19.2 Å². The summed E-state index contributed by atoms with van der Waals surface area (Å²) in [4.78, 5) is 12.9. The third-order valence-electron chi connectivity index (χ3n) is 13.0. The van der Waals surface area contributed by atoms with Crippen molar-refractivity contribution in [2.75, 3.05) is 26.4 Å². The first kappa shape index (κ1) is 63.2. The SMILES string of the molecule is CCCCCC/C=C\C/C=C\CCCCCCCCCCOCC(COC1OC(CO)C(O)C(O)C1O)OC(=O)CCCCCCCCCCCCCCC/C=C\C/C=C\CCCCCCC. The minimum absolute atomic E-state index is 0.115. The molecule has 1 saturated heterocycles. The molecule has 0 aromatic heterocycles. The van der Waals surface area contributed by atoms with Crippen LogP contribution in [0.25, 0.3) is 0 Å². The number of rotatable bonds is 49. The summed E-state index contributed by atoms with van der Waals surface area (Å²) in [7, 11) is 0. The van der Waals surface area contributed by atoms with Gasteiger partial charge in [0.15, 0.2) is 6.29 Å². The number of hydrogen-bond acceptors (Lipinski definition) is 9. The summed E-state index contributed by atoms with van der Waals surface area (Å²) in [5.41, 5.74) is 0. The first-order valence-electron chi connectivity index (χ1n) is 28.2. The van der Waals surface area contributed by atoms with Crippen molar-refractivity contribution in [2.24, 2.45) is 0 Å². The highest BCUT2D eigenvalue weighted by atomic mass is 16.7. The molecule has 4 N–H and O–H groups in total. The lowest BCUT2D eigenvalue weighted by Gasteiger charge is -2.39. The highest BCUT2D eigenvalue weighted by Crippen LogP contribution is 2.23. The molecule has 0 aromatic rings. The summed E-state index contributed by atoms with van der Waals surface area (Å²) in [5.74, 6) is -0.314. The van der Waals surface area contributed by atoms with Gasteiger partial charge in [-0.25, -0.2) is 0 Å². The first-order valence-corrected chi connectivity index (χ1v) is 28.2. The molecule has 1 aliphatic heterocycles. The Bertz CT molecular complexity index is 1170. The van der Waals surface area contributed by atoms with Gasteiger partial charge in [0.25, 0.3) is 0 Å². The lowest BCUT2D eigenvalue weighted by atomic mass is 9.99. The van der Waals surface area contributed by atoms with E-state index in [0.29, 0.717) is 13.0 Å². The van der Waals surface area contributed by atoms with E-state index in [1.54, 1.807) is 0 Å². The maximum absolute atomic E-state index is 12.9. The molecule has 6 unspecified atom stereocenters. The van der Waals surface area contributed by atoms with Crippen LogP contribution in [-0.2, 0) is 23.7 Å². The Hall–Kier alpha value is -1.85. The van der Waals surface area contributed by atoms with E-state index in [2.05, 4.69) is 62.5 Å².